The van der Waals surface area contributed by atoms with Crippen LogP contribution in [-0.4, -0.2) is 35.1 Å². The summed E-state index contributed by atoms with van der Waals surface area (Å²) in [5.74, 6) is -0.670. The fraction of sp³-hybridized carbons (Fsp3) is 0.267. The molecule has 24 heavy (non-hydrogen) atoms. The number of benzene rings is 1. The molecule has 126 valence electrons. The first-order valence-electron chi connectivity index (χ1n) is 7.10. The summed E-state index contributed by atoms with van der Waals surface area (Å²) in [4.78, 5) is 37.0. The molecule has 2 aromatic rings. The van der Waals surface area contributed by atoms with Gasteiger partial charge in [0, 0.05) is 18.7 Å². The van der Waals surface area contributed by atoms with Gasteiger partial charge in [-0.2, -0.15) is 0 Å². The van der Waals surface area contributed by atoms with Gasteiger partial charge in [-0.05, 0) is 18.2 Å². The molecule has 9 nitrogen and oxygen atoms in total. The summed E-state index contributed by atoms with van der Waals surface area (Å²) >= 11 is 0. The number of rotatable bonds is 7. The molecule has 1 N–H and O–H groups in total. The van der Waals surface area contributed by atoms with Crippen LogP contribution in [0.25, 0.3) is 10.9 Å². The summed E-state index contributed by atoms with van der Waals surface area (Å²) in [5.41, 5.74) is 0.201. The molecule has 0 saturated carbocycles. The highest BCUT2D eigenvalue weighted by atomic mass is 16.7. The molecule has 1 amide bonds. The summed E-state index contributed by atoms with van der Waals surface area (Å²) in [6.07, 6.45) is 1.75. The molecule has 0 saturated heterocycles. The topological polar surface area (TPSA) is 121 Å². The van der Waals surface area contributed by atoms with Gasteiger partial charge in [0.2, 0.25) is 12.7 Å². The maximum atomic E-state index is 11.4. The molecule has 1 heterocycles. The van der Waals surface area contributed by atoms with Crippen molar-refractivity contribution in [2.75, 3.05) is 13.3 Å². The molecule has 0 spiro atoms. The SMILES string of the molecule is CCC(=O)NCC(=O)OCOc1ccc([N+](=O)[O-])c2cccnc12. The van der Waals surface area contributed by atoms with Crippen LogP contribution >= 0.6 is 0 Å². The molecule has 9 heteroatoms. The fourth-order valence-corrected chi connectivity index (χ4v) is 1.91. The lowest BCUT2D eigenvalue weighted by Crippen LogP contribution is -2.30. The van der Waals surface area contributed by atoms with Crippen LogP contribution in [0.1, 0.15) is 13.3 Å². The van der Waals surface area contributed by atoms with E-state index in [2.05, 4.69) is 10.3 Å². The zero-order valence-corrected chi connectivity index (χ0v) is 12.9. The van der Waals surface area contributed by atoms with Crippen molar-refractivity contribution >= 4 is 28.5 Å². The number of aromatic nitrogens is 1. The van der Waals surface area contributed by atoms with E-state index in [1.54, 1.807) is 19.1 Å². The second-order valence-corrected chi connectivity index (χ2v) is 4.65. The van der Waals surface area contributed by atoms with Gasteiger partial charge in [-0.1, -0.05) is 6.92 Å². The summed E-state index contributed by atoms with van der Waals surface area (Å²) in [5, 5.41) is 13.7. The van der Waals surface area contributed by atoms with E-state index in [0.29, 0.717) is 10.9 Å². The maximum absolute atomic E-state index is 11.4. The molecule has 0 radical (unpaired) electrons. The lowest BCUT2D eigenvalue weighted by Gasteiger charge is -2.09. The Kier molecular flexibility index (Phi) is 5.61. The molecular weight excluding hydrogens is 318 g/mol. The highest BCUT2D eigenvalue weighted by Crippen LogP contribution is 2.31. The van der Waals surface area contributed by atoms with Crippen LogP contribution in [-0.2, 0) is 14.3 Å². The van der Waals surface area contributed by atoms with Gasteiger partial charge >= 0.3 is 5.97 Å². The number of hydrogen-bond donors (Lipinski definition) is 1. The smallest absolute Gasteiger partial charge is 0.328 e. The number of amides is 1. The Labute approximate surface area is 136 Å². The van der Waals surface area contributed by atoms with E-state index in [1.807, 2.05) is 0 Å². The van der Waals surface area contributed by atoms with Crippen molar-refractivity contribution in [2.45, 2.75) is 13.3 Å². The van der Waals surface area contributed by atoms with Crippen LogP contribution < -0.4 is 10.1 Å². The predicted octanol–water partition coefficient (Wildman–Crippen LogP) is 1.55. The first-order chi connectivity index (χ1) is 11.5. The van der Waals surface area contributed by atoms with Gasteiger partial charge < -0.3 is 14.8 Å². The second-order valence-electron chi connectivity index (χ2n) is 4.65. The highest BCUT2D eigenvalue weighted by Gasteiger charge is 2.16. The highest BCUT2D eigenvalue weighted by molar-refractivity contribution is 5.92. The third kappa shape index (κ3) is 4.15. The average Bonchev–Trinajstić information content (AvgIpc) is 2.59. The summed E-state index contributed by atoms with van der Waals surface area (Å²) in [6.45, 7) is 1.01. The average molecular weight is 333 g/mol. The number of esters is 1. The third-order valence-electron chi connectivity index (χ3n) is 3.09. The molecule has 0 aliphatic rings. The number of ether oxygens (including phenoxy) is 2. The summed E-state index contributed by atoms with van der Waals surface area (Å²) < 4.78 is 10.1. The van der Waals surface area contributed by atoms with Crippen molar-refractivity contribution in [2.24, 2.45) is 0 Å². The number of nitrogens with zero attached hydrogens (tertiary/aromatic N) is 2. The lowest BCUT2D eigenvalue weighted by atomic mass is 10.1. The molecule has 0 unspecified atom stereocenters. The number of fused-ring (bicyclic) bond motifs is 1. The van der Waals surface area contributed by atoms with E-state index in [9.17, 15) is 19.7 Å². The Morgan fingerprint density at radius 1 is 1.33 bits per heavy atom. The van der Waals surface area contributed by atoms with Crippen molar-refractivity contribution < 1.29 is 24.0 Å². The lowest BCUT2D eigenvalue weighted by molar-refractivity contribution is -0.383. The van der Waals surface area contributed by atoms with Crippen molar-refractivity contribution in [3.05, 3.63) is 40.6 Å². The minimum Gasteiger partial charge on any atom is -0.455 e. The Balaban J connectivity index is 2.01. The number of hydrogen-bond acceptors (Lipinski definition) is 7. The van der Waals surface area contributed by atoms with E-state index in [4.69, 9.17) is 9.47 Å². The number of nitrogens with one attached hydrogen (secondary N) is 1. The van der Waals surface area contributed by atoms with Gasteiger partial charge in [-0.25, -0.2) is 0 Å². The van der Waals surface area contributed by atoms with Crippen LogP contribution in [0.2, 0.25) is 0 Å². The molecule has 1 aromatic carbocycles. The van der Waals surface area contributed by atoms with Crippen molar-refractivity contribution in [3.63, 3.8) is 0 Å². The van der Waals surface area contributed by atoms with E-state index in [1.165, 1.54) is 18.3 Å². The Hall–Kier alpha value is -3.23. The quantitative estimate of drug-likeness (QED) is 0.353. The van der Waals surface area contributed by atoms with E-state index < -0.39 is 17.7 Å². The minimum absolute atomic E-state index is 0.0928. The Morgan fingerprint density at radius 2 is 2.12 bits per heavy atom. The first-order valence-corrected chi connectivity index (χ1v) is 7.10. The maximum Gasteiger partial charge on any atom is 0.328 e. The first kappa shape index (κ1) is 17.1. The van der Waals surface area contributed by atoms with Gasteiger partial charge in [-0.15, -0.1) is 0 Å². The molecule has 2 rings (SSSR count). The largest absolute Gasteiger partial charge is 0.455 e. The van der Waals surface area contributed by atoms with Gasteiger partial charge in [0.15, 0.2) is 0 Å². The molecule has 0 aliphatic carbocycles. The number of pyridine rings is 1. The van der Waals surface area contributed by atoms with Crippen molar-refractivity contribution in [1.82, 2.24) is 10.3 Å². The van der Waals surface area contributed by atoms with Gasteiger partial charge in [-0.3, -0.25) is 24.7 Å². The standard InChI is InChI=1S/C15H15N3O6/c1-2-13(19)17-8-14(20)24-9-23-12-6-5-11(18(21)22)10-4-3-7-16-15(10)12/h3-7H,2,8-9H2,1H3,(H,17,19). The van der Waals surface area contributed by atoms with E-state index in [0.717, 1.165) is 0 Å². The van der Waals surface area contributed by atoms with Crippen LogP contribution in [0.5, 0.6) is 5.75 Å². The molecule has 0 atom stereocenters. The normalized spacial score (nSPS) is 10.2. The zero-order chi connectivity index (χ0) is 17.5. The Morgan fingerprint density at radius 3 is 2.83 bits per heavy atom. The van der Waals surface area contributed by atoms with Gasteiger partial charge in [0.25, 0.3) is 5.69 Å². The Bertz CT molecular complexity index is 777. The number of carbonyl (C=O) groups is 2. The van der Waals surface area contributed by atoms with Crippen molar-refractivity contribution in [1.29, 1.82) is 0 Å². The number of non-ortho nitro benzene ring substituents is 1. The zero-order valence-electron chi connectivity index (χ0n) is 12.9. The van der Waals surface area contributed by atoms with Gasteiger partial charge in [0.05, 0.1) is 10.3 Å². The van der Waals surface area contributed by atoms with E-state index in [-0.39, 0.29) is 30.3 Å². The number of nitro groups is 1. The van der Waals surface area contributed by atoms with Crippen LogP contribution in [0.15, 0.2) is 30.5 Å². The second kappa shape index (κ2) is 7.86. The molecular formula is C15H15N3O6. The number of carbonyl (C=O) groups excluding carboxylic acids is 2. The third-order valence-corrected chi connectivity index (χ3v) is 3.09. The fourth-order valence-electron chi connectivity index (χ4n) is 1.91. The minimum atomic E-state index is -0.657. The predicted molar refractivity (Wildman–Crippen MR) is 83.3 cm³/mol. The molecule has 0 bridgehead atoms. The van der Waals surface area contributed by atoms with E-state index >= 15 is 0 Å². The van der Waals surface area contributed by atoms with Crippen LogP contribution in [0, 0.1) is 10.1 Å². The molecule has 0 aliphatic heterocycles. The summed E-state index contributed by atoms with van der Waals surface area (Å²) in [7, 11) is 0. The molecule has 0 fully saturated rings. The van der Waals surface area contributed by atoms with Crippen LogP contribution in [0.3, 0.4) is 0 Å². The number of nitro benzene ring substituents is 1. The summed E-state index contributed by atoms with van der Waals surface area (Å²) in [6, 6.07) is 5.82. The monoisotopic (exact) mass is 333 g/mol. The molecule has 1 aromatic heterocycles. The van der Waals surface area contributed by atoms with Gasteiger partial charge in [0.1, 0.15) is 17.8 Å². The van der Waals surface area contributed by atoms with Crippen LogP contribution in [0.4, 0.5) is 5.69 Å². The van der Waals surface area contributed by atoms with Crippen molar-refractivity contribution in [3.8, 4) is 5.75 Å².